The fourth-order valence-corrected chi connectivity index (χ4v) is 2.42. The third-order valence-electron chi connectivity index (χ3n) is 2.35. The summed E-state index contributed by atoms with van der Waals surface area (Å²) in [7, 11) is 1.90. The first-order chi connectivity index (χ1) is 6.88. The predicted octanol–water partition coefficient (Wildman–Crippen LogP) is 1.58. The molecule has 1 aliphatic carbocycles. The van der Waals surface area contributed by atoms with Gasteiger partial charge in [0.1, 0.15) is 11.1 Å². The van der Waals surface area contributed by atoms with E-state index in [1.807, 2.05) is 7.05 Å². The van der Waals surface area contributed by atoms with Crippen LogP contribution in [0, 0.1) is 0 Å². The molecule has 1 heterocycles. The van der Waals surface area contributed by atoms with E-state index in [1.165, 1.54) is 37.0 Å². The average molecular weight is 213 g/mol. The fourth-order valence-electron chi connectivity index (χ4n) is 1.66. The van der Waals surface area contributed by atoms with Gasteiger partial charge in [-0.25, -0.2) is 0 Å². The van der Waals surface area contributed by atoms with Gasteiger partial charge in [-0.1, -0.05) is 16.4 Å². The van der Waals surface area contributed by atoms with Crippen molar-refractivity contribution in [1.82, 2.24) is 15.5 Å². The molecular weight excluding hydrogens is 198 g/mol. The Morgan fingerprint density at radius 1 is 1.43 bits per heavy atom. The van der Waals surface area contributed by atoms with E-state index in [0.717, 1.165) is 16.7 Å². The molecule has 1 aliphatic rings. The van der Waals surface area contributed by atoms with Crippen molar-refractivity contribution in [2.24, 2.45) is 0 Å². The lowest BCUT2D eigenvalue weighted by atomic mass is 10.3. The van der Waals surface area contributed by atoms with Crippen LogP contribution in [0.4, 0.5) is 0 Å². The topological polar surface area (TPSA) is 47.0 Å². The van der Waals surface area contributed by atoms with Crippen molar-refractivity contribution in [2.45, 2.75) is 38.3 Å². The molecule has 1 aromatic rings. The van der Waals surface area contributed by atoms with Crippen molar-refractivity contribution in [1.29, 1.82) is 0 Å². The van der Waals surface area contributed by atoms with E-state index in [0.29, 0.717) is 6.10 Å². The van der Waals surface area contributed by atoms with Crippen molar-refractivity contribution in [2.75, 3.05) is 7.05 Å². The highest BCUT2D eigenvalue weighted by atomic mass is 32.1. The van der Waals surface area contributed by atoms with E-state index in [1.54, 1.807) is 0 Å². The summed E-state index contributed by atoms with van der Waals surface area (Å²) in [6.45, 7) is 0.770. The molecule has 0 atom stereocenters. The van der Waals surface area contributed by atoms with Gasteiger partial charge >= 0.3 is 0 Å². The minimum Gasteiger partial charge on any atom is -0.466 e. The molecule has 0 aliphatic heterocycles. The average Bonchev–Trinajstić information content (AvgIpc) is 2.79. The maximum atomic E-state index is 5.72. The number of nitrogens with zero attached hydrogens (tertiary/aromatic N) is 2. The van der Waals surface area contributed by atoms with Crippen molar-refractivity contribution in [3.05, 3.63) is 5.01 Å². The number of ether oxygens (including phenoxy) is 1. The second-order valence-corrected chi connectivity index (χ2v) is 4.54. The minimum atomic E-state index is 0.380. The minimum absolute atomic E-state index is 0.380. The van der Waals surface area contributed by atoms with Crippen LogP contribution in [0.3, 0.4) is 0 Å². The number of rotatable bonds is 4. The highest BCUT2D eigenvalue weighted by Gasteiger charge is 2.18. The van der Waals surface area contributed by atoms with Gasteiger partial charge in [-0.3, -0.25) is 0 Å². The number of nitrogens with one attached hydrogen (secondary N) is 1. The first-order valence-corrected chi connectivity index (χ1v) is 5.84. The Labute approximate surface area is 87.7 Å². The Morgan fingerprint density at radius 3 is 2.93 bits per heavy atom. The number of hydrogen-bond acceptors (Lipinski definition) is 5. The monoisotopic (exact) mass is 213 g/mol. The highest BCUT2D eigenvalue weighted by Crippen LogP contribution is 2.26. The van der Waals surface area contributed by atoms with Crippen LogP contribution in [-0.4, -0.2) is 23.3 Å². The van der Waals surface area contributed by atoms with Crippen LogP contribution in [0.25, 0.3) is 0 Å². The summed E-state index contributed by atoms with van der Waals surface area (Å²) in [5.74, 6) is 0. The van der Waals surface area contributed by atoms with Gasteiger partial charge in [0.2, 0.25) is 0 Å². The standard InChI is InChI=1S/C9H15N3OS/c1-10-6-8-11-12-9(14-8)13-7-4-2-3-5-7/h7,10H,2-6H2,1H3. The summed E-state index contributed by atoms with van der Waals surface area (Å²) in [4.78, 5) is 0. The molecule has 0 bridgehead atoms. The van der Waals surface area contributed by atoms with E-state index < -0.39 is 0 Å². The molecule has 14 heavy (non-hydrogen) atoms. The lowest BCUT2D eigenvalue weighted by molar-refractivity contribution is 0.207. The van der Waals surface area contributed by atoms with Crippen LogP contribution in [0.1, 0.15) is 30.7 Å². The predicted molar refractivity (Wildman–Crippen MR) is 55.6 cm³/mol. The maximum Gasteiger partial charge on any atom is 0.294 e. The Kier molecular flexibility index (Phi) is 3.31. The molecule has 1 N–H and O–H groups in total. The zero-order chi connectivity index (χ0) is 9.80. The molecular formula is C9H15N3OS. The lowest BCUT2D eigenvalue weighted by Gasteiger charge is -2.07. The van der Waals surface area contributed by atoms with Gasteiger partial charge in [0.15, 0.2) is 0 Å². The summed E-state index contributed by atoms with van der Waals surface area (Å²) in [6.07, 6.45) is 5.28. The Bertz CT molecular complexity index is 283. The van der Waals surface area contributed by atoms with Gasteiger partial charge in [0.05, 0.1) is 0 Å². The van der Waals surface area contributed by atoms with Crippen LogP contribution in [-0.2, 0) is 6.54 Å². The largest absolute Gasteiger partial charge is 0.466 e. The molecule has 0 aromatic carbocycles. The van der Waals surface area contributed by atoms with Gasteiger partial charge in [-0.2, -0.15) is 0 Å². The summed E-state index contributed by atoms with van der Waals surface area (Å²) in [5.41, 5.74) is 0. The summed E-state index contributed by atoms with van der Waals surface area (Å²) in [5, 5.41) is 12.8. The Morgan fingerprint density at radius 2 is 2.21 bits per heavy atom. The molecule has 1 fully saturated rings. The lowest BCUT2D eigenvalue weighted by Crippen LogP contribution is -2.10. The first-order valence-electron chi connectivity index (χ1n) is 5.02. The zero-order valence-electron chi connectivity index (χ0n) is 8.32. The van der Waals surface area contributed by atoms with Gasteiger partial charge in [0, 0.05) is 6.54 Å². The third kappa shape index (κ3) is 2.42. The number of aromatic nitrogens is 2. The second kappa shape index (κ2) is 4.70. The molecule has 0 radical (unpaired) electrons. The molecule has 4 nitrogen and oxygen atoms in total. The highest BCUT2D eigenvalue weighted by molar-refractivity contribution is 7.13. The molecule has 5 heteroatoms. The van der Waals surface area contributed by atoms with E-state index in [-0.39, 0.29) is 0 Å². The fraction of sp³-hybridized carbons (Fsp3) is 0.778. The zero-order valence-corrected chi connectivity index (χ0v) is 9.14. The molecule has 78 valence electrons. The molecule has 1 aromatic heterocycles. The van der Waals surface area contributed by atoms with Crippen LogP contribution in [0.5, 0.6) is 5.19 Å². The number of hydrogen-bond donors (Lipinski definition) is 1. The molecule has 0 saturated heterocycles. The van der Waals surface area contributed by atoms with Crippen LogP contribution in [0.2, 0.25) is 0 Å². The van der Waals surface area contributed by atoms with E-state index >= 15 is 0 Å². The first kappa shape index (κ1) is 9.86. The Balaban J connectivity index is 1.88. The van der Waals surface area contributed by atoms with Gasteiger partial charge < -0.3 is 10.1 Å². The van der Waals surface area contributed by atoms with Crippen LogP contribution >= 0.6 is 11.3 Å². The molecule has 2 rings (SSSR count). The normalized spacial score (nSPS) is 17.5. The van der Waals surface area contributed by atoms with Crippen LogP contribution < -0.4 is 10.1 Å². The third-order valence-corrected chi connectivity index (χ3v) is 3.16. The quantitative estimate of drug-likeness (QED) is 0.825. The van der Waals surface area contributed by atoms with Gasteiger partial charge in [0.25, 0.3) is 5.19 Å². The Hall–Kier alpha value is -0.680. The summed E-state index contributed by atoms with van der Waals surface area (Å²) in [6, 6.07) is 0. The van der Waals surface area contributed by atoms with Crippen molar-refractivity contribution < 1.29 is 4.74 Å². The van der Waals surface area contributed by atoms with Crippen molar-refractivity contribution >= 4 is 11.3 Å². The SMILES string of the molecule is CNCc1nnc(OC2CCCC2)s1. The van der Waals surface area contributed by atoms with Gasteiger partial charge in [-0.15, -0.1) is 5.10 Å². The molecule has 0 spiro atoms. The second-order valence-electron chi connectivity index (χ2n) is 3.52. The smallest absolute Gasteiger partial charge is 0.294 e. The molecule has 1 saturated carbocycles. The van der Waals surface area contributed by atoms with E-state index in [9.17, 15) is 0 Å². The van der Waals surface area contributed by atoms with Gasteiger partial charge in [-0.05, 0) is 32.7 Å². The van der Waals surface area contributed by atoms with Crippen molar-refractivity contribution in [3.8, 4) is 5.19 Å². The maximum absolute atomic E-state index is 5.72. The molecule has 0 unspecified atom stereocenters. The van der Waals surface area contributed by atoms with E-state index in [4.69, 9.17) is 4.74 Å². The van der Waals surface area contributed by atoms with Crippen molar-refractivity contribution in [3.63, 3.8) is 0 Å². The molecule has 0 amide bonds. The van der Waals surface area contributed by atoms with E-state index in [2.05, 4.69) is 15.5 Å². The summed E-state index contributed by atoms with van der Waals surface area (Å²) >= 11 is 1.54. The van der Waals surface area contributed by atoms with Crippen LogP contribution in [0.15, 0.2) is 0 Å². The summed E-state index contributed by atoms with van der Waals surface area (Å²) < 4.78 is 5.72.